The van der Waals surface area contributed by atoms with Gasteiger partial charge in [-0.2, -0.15) is 0 Å². The van der Waals surface area contributed by atoms with Crippen molar-refractivity contribution in [1.82, 2.24) is 4.98 Å². The lowest BCUT2D eigenvalue weighted by Crippen LogP contribution is -2.07. The number of rotatable bonds is 3. The molecule has 3 aromatic rings. The highest BCUT2D eigenvalue weighted by Gasteiger charge is 2.12. The van der Waals surface area contributed by atoms with Gasteiger partial charge in [0.15, 0.2) is 0 Å². The third kappa shape index (κ3) is 2.43. The van der Waals surface area contributed by atoms with Crippen molar-refractivity contribution < 1.29 is 4.42 Å². The number of halogens is 1. The predicted octanol–water partition coefficient (Wildman–Crippen LogP) is 5.07. The molecule has 0 aliphatic heterocycles. The van der Waals surface area contributed by atoms with E-state index in [4.69, 9.17) is 4.42 Å². The van der Waals surface area contributed by atoms with Crippen molar-refractivity contribution in [3.05, 3.63) is 58.6 Å². The van der Waals surface area contributed by atoms with Crippen molar-refractivity contribution in [2.24, 2.45) is 0 Å². The molecule has 2 heterocycles. The molecule has 0 aliphatic rings. The Morgan fingerprint density at radius 2 is 2.00 bits per heavy atom. The average Bonchev–Trinajstić information content (AvgIpc) is 2.87. The van der Waals surface area contributed by atoms with Gasteiger partial charge in [0.2, 0.25) is 0 Å². The number of hydrogen-bond acceptors (Lipinski definition) is 3. The lowest BCUT2D eigenvalue weighted by atomic mass is 10.1. The molecule has 3 nitrogen and oxygen atoms in total. The van der Waals surface area contributed by atoms with Crippen LogP contribution in [0.25, 0.3) is 10.8 Å². The second-order valence-corrected chi connectivity index (χ2v) is 5.66. The number of hydrogen-bond donors (Lipinski definition) is 1. The number of anilines is 1. The van der Waals surface area contributed by atoms with E-state index in [-0.39, 0.29) is 6.04 Å². The van der Waals surface area contributed by atoms with Crippen LogP contribution in [0.1, 0.15) is 24.5 Å². The molecule has 0 spiro atoms. The van der Waals surface area contributed by atoms with Crippen molar-refractivity contribution in [2.75, 3.05) is 5.32 Å². The smallest absolute Gasteiger partial charge is 0.134 e. The fourth-order valence-corrected chi connectivity index (χ4v) is 2.74. The van der Waals surface area contributed by atoms with Crippen LogP contribution in [0.4, 0.5) is 5.82 Å². The first kappa shape index (κ1) is 13.2. The second-order valence-electron chi connectivity index (χ2n) is 4.81. The van der Waals surface area contributed by atoms with E-state index >= 15 is 0 Å². The van der Waals surface area contributed by atoms with Crippen LogP contribution in [-0.2, 0) is 0 Å². The summed E-state index contributed by atoms with van der Waals surface area (Å²) in [7, 11) is 0. The van der Waals surface area contributed by atoms with Crippen LogP contribution < -0.4 is 5.32 Å². The summed E-state index contributed by atoms with van der Waals surface area (Å²) < 4.78 is 6.72. The highest BCUT2D eigenvalue weighted by Crippen LogP contribution is 2.29. The maximum absolute atomic E-state index is 5.65. The standard InChI is InChI=1S/C16H15BrN2O/c1-10-6-7-15(20-10)11(2)19-16-13-4-3-5-14(17)12(13)8-9-18-16/h3-9,11H,1-2H3,(H,18,19). The van der Waals surface area contributed by atoms with Gasteiger partial charge in [0, 0.05) is 21.4 Å². The van der Waals surface area contributed by atoms with Crippen molar-refractivity contribution in [1.29, 1.82) is 0 Å². The third-order valence-corrected chi connectivity index (χ3v) is 3.99. The van der Waals surface area contributed by atoms with Crippen LogP contribution in [0.2, 0.25) is 0 Å². The maximum atomic E-state index is 5.65. The predicted molar refractivity (Wildman–Crippen MR) is 84.9 cm³/mol. The second kappa shape index (κ2) is 5.29. The van der Waals surface area contributed by atoms with E-state index in [0.29, 0.717) is 0 Å². The lowest BCUT2D eigenvalue weighted by molar-refractivity contribution is 0.466. The molecule has 1 unspecified atom stereocenters. The molecule has 0 amide bonds. The van der Waals surface area contributed by atoms with Gasteiger partial charge in [-0.25, -0.2) is 4.98 Å². The molecule has 1 N–H and O–H groups in total. The molecular weight excluding hydrogens is 316 g/mol. The van der Waals surface area contributed by atoms with E-state index in [2.05, 4.69) is 39.2 Å². The zero-order chi connectivity index (χ0) is 14.1. The Balaban J connectivity index is 1.97. The Hall–Kier alpha value is -1.81. The summed E-state index contributed by atoms with van der Waals surface area (Å²) in [4.78, 5) is 4.45. The first-order valence-corrected chi connectivity index (χ1v) is 7.30. The Morgan fingerprint density at radius 3 is 2.75 bits per heavy atom. The van der Waals surface area contributed by atoms with Gasteiger partial charge >= 0.3 is 0 Å². The van der Waals surface area contributed by atoms with Crippen LogP contribution in [0.15, 0.2) is 51.5 Å². The van der Waals surface area contributed by atoms with E-state index in [9.17, 15) is 0 Å². The fourth-order valence-electron chi connectivity index (χ4n) is 2.25. The van der Waals surface area contributed by atoms with E-state index in [1.807, 2.05) is 43.5 Å². The summed E-state index contributed by atoms with van der Waals surface area (Å²) >= 11 is 3.57. The molecule has 1 atom stereocenters. The number of pyridine rings is 1. The van der Waals surface area contributed by atoms with Crippen LogP contribution in [0.3, 0.4) is 0 Å². The van der Waals surface area contributed by atoms with Gasteiger partial charge in [-0.3, -0.25) is 0 Å². The monoisotopic (exact) mass is 330 g/mol. The van der Waals surface area contributed by atoms with Gasteiger partial charge in [0.25, 0.3) is 0 Å². The fraction of sp³-hybridized carbons (Fsp3) is 0.188. The molecule has 0 aliphatic carbocycles. The van der Waals surface area contributed by atoms with Crippen LogP contribution >= 0.6 is 15.9 Å². The highest BCUT2D eigenvalue weighted by molar-refractivity contribution is 9.10. The lowest BCUT2D eigenvalue weighted by Gasteiger charge is -2.14. The van der Waals surface area contributed by atoms with Crippen molar-refractivity contribution in [2.45, 2.75) is 19.9 Å². The van der Waals surface area contributed by atoms with E-state index < -0.39 is 0 Å². The molecule has 3 rings (SSSR count). The Bertz CT molecular complexity index is 751. The van der Waals surface area contributed by atoms with Crippen molar-refractivity contribution >= 4 is 32.5 Å². The number of nitrogens with one attached hydrogen (secondary N) is 1. The third-order valence-electron chi connectivity index (χ3n) is 3.29. The number of furan rings is 1. The largest absolute Gasteiger partial charge is 0.464 e. The molecule has 0 saturated heterocycles. The summed E-state index contributed by atoms with van der Waals surface area (Å²) in [5.74, 6) is 2.70. The van der Waals surface area contributed by atoms with Crippen LogP contribution in [0.5, 0.6) is 0 Å². The number of benzene rings is 1. The summed E-state index contributed by atoms with van der Waals surface area (Å²) in [6.45, 7) is 4.01. The minimum atomic E-state index is 0.0702. The Morgan fingerprint density at radius 1 is 1.15 bits per heavy atom. The molecule has 102 valence electrons. The summed E-state index contributed by atoms with van der Waals surface area (Å²) in [6.07, 6.45) is 1.82. The number of fused-ring (bicyclic) bond motifs is 1. The normalized spacial score (nSPS) is 12.6. The SMILES string of the molecule is Cc1ccc(C(C)Nc2nccc3c(Br)cccc23)o1. The van der Waals surface area contributed by atoms with E-state index in [0.717, 1.165) is 32.6 Å². The Kier molecular flexibility index (Phi) is 3.49. The van der Waals surface area contributed by atoms with E-state index in [1.165, 1.54) is 0 Å². The minimum Gasteiger partial charge on any atom is -0.464 e. The number of aryl methyl sites for hydroxylation is 1. The van der Waals surface area contributed by atoms with Gasteiger partial charge in [-0.1, -0.05) is 28.1 Å². The molecular formula is C16H15BrN2O. The van der Waals surface area contributed by atoms with Crippen LogP contribution in [0, 0.1) is 6.92 Å². The maximum Gasteiger partial charge on any atom is 0.134 e. The van der Waals surface area contributed by atoms with Crippen molar-refractivity contribution in [3.63, 3.8) is 0 Å². The molecule has 2 aromatic heterocycles. The molecule has 4 heteroatoms. The summed E-state index contributed by atoms with van der Waals surface area (Å²) in [6, 6.07) is 12.2. The number of aromatic nitrogens is 1. The molecule has 0 bridgehead atoms. The molecule has 0 fully saturated rings. The summed E-state index contributed by atoms with van der Waals surface area (Å²) in [5.41, 5.74) is 0. The molecule has 0 radical (unpaired) electrons. The van der Waals surface area contributed by atoms with Gasteiger partial charge < -0.3 is 9.73 Å². The topological polar surface area (TPSA) is 38.1 Å². The number of nitrogens with zero attached hydrogens (tertiary/aromatic N) is 1. The molecule has 1 aromatic carbocycles. The quantitative estimate of drug-likeness (QED) is 0.728. The average molecular weight is 331 g/mol. The van der Waals surface area contributed by atoms with Gasteiger partial charge in [-0.05, 0) is 38.1 Å². The van der Waals surface area contributed by atoms with Crippen molar-refractivity contribution in [3.8, 4) is 0 Å². The highest BCUT2D eigenvalue weighted by atomic mass is 79.9. The van der Waals surface area contributed by atoms with E-state index in [1.54, 1.807) is 0 Å². The zero-order valence-corrected chi connectivity index (χ0v) is 12.9. The van der Waals surface area contributed by atoms with Gasteiger partial charge in [0.1, 0.15) is 17.3 Å². The first-order chi connectivity index (χ1) is 9.65. The zero-order valence-electron chi connectivity index (χ0n) is 11.4. The van der Waals surface area contributed by atoms with Crippen LogP contribution in [-0.4, -0.2) is 4.98 Å². The summed E-state index contributed by atoms with van der Waals surface area (Å²) in [5, 5.41) is 5.66. The first-order valence-electron chi connectivity index (χ1n) is 6.51. The molecule has 0 saturated carbocycles. The Labute approximate surface area is 126 Å². The van der Waals surface area contributed by atoms with Gasteiger partial charge in [0.05, 0.1) is 6.04 Å². The minimum absolute atomic E-state index is 0.0702. The van der Waals surface area contributed by atoms with Gasteiger partial charge in [-0.15, -0.1) is 0 Å². The molecule has 20 heavy (non-hydrogen) atoms.